The Morgan fingerprint density at radius 1 is 0.642 bits per heavy atom. The summed E-state index contributed by atoms with van der Waals surface area (Å²) in [7, 11) is 0. The normalized spacial score (nSPS) is 20.0. The van der Waals surface area contributed by atoms with E-state index in [1.54, 1.807) is 6.92 Å². The third-order valence-electron chi connectivity index (χ3n) is 11.9. The summed E-state index contributed by atoms with van der Waals surface area (Å²) >= 11 is 0. The highest BCUT2D eigenvalue weighted by Crippen LogP contribution is 2.31. The molecule has 0 unspecified atom stereocenters. The number of carbonyl (C=O) groups is 8. The molecule has 17 N–H and O–H groups in total. The van der Waals surface area contributed by atoms with Crippen molar-refractivity contribution >= 4 is 59.1 Å². The highest BCUT2D eigenvalue weighted by atomic mass is 16.6. The predicted molar refractivity (Wildman–Crippen MR) is 282 cm³/mol. The van der Waals surface area contributed by atoms with Crippen molar-refractivity contribution in [2.45, 2.75) is 114 Å². The Balaban J connectivity index is 2.02. The van der Waals surface area contributed by atoms with Crippen LogP contribution in [0.2, 0.25) is 0 Å². The van der Waals surface area contributed by atoms with Crippen LogP contribution in [0.15, 0.2) is 33.7 Å². The number of aliphatic hydroxyl groups is 4. The van der Waals surface area contributed by atoms with Gasteiger partial charge in [-0.05, 0) is 31.4 Å². The number of carboxylic acid groups (broad SMARTS) is 2. The number of aliphatic imine (C=N–C) groups is 2. The fourth-order valence-corrected chi connectivity index (χ4v) is 7.98. The molecule has 2 rings (SSSR count). The zero-order valence-electron chi connectivity index (χ0n) is 45.9. The third kappa shape index (κ3) is 27.6. The Morgan fingerprint density at radius 3 is 1.49 bits per heavy atom. The average molecular weight is 1160 g/mol. The number of ketones is 2. The molecule has 81 heavy (non-hydrogen) atoms. The zero-order chi connectivity index (χ0) is 60.4. The summed E-state index contributed by atoms with van der Waals surface area (Å²) in [6.07, 6.45) is -6.62. The number of amides is 4. The largest absolute Gasteiger partial charge is 0.480 e. The summed E-state index contributed by atoms with van der Waals surface area (Å²) in [4.78, 5) is 111. The van der Waals surface area contributed by atoms with E-state index in [1.807, 2.05) is 6.92 Å². The van der Waals surface area contributed by atoms with Gasteiger partial charge in [-0.3, -0.25) is 28.8 Å². The summed E-state index contributed by atoms with van der Waals surface area (Å²) in [6, 6.07) is -3.42. The predicted octanol–water partition coefficient (Wildman–Crippen LogP) is -5.75. The average Bonchev–Trinajstić information content (AvgIpc) is 3.41. The molecule has 10 atom stereocenters. The van der Waals surface area contributed by atoms with Crippen molar-refractivity contribution in [2.24, 2.45) is 38.8 Å². The van der Waals surface area contributed by atoms with Crippen molar-refractivity contribution in [3.8, 4) is 0 Å². The van der Waals surface area contributed by atoms with Crippen LogP contribution >= 0.6 is 0 Å². The Labute approximate surface area is 467 Å². The Bertz CT molecular complexity index is 2140. The molecule has 0 aromatic carbocycles. The number of nitrogens with one attached hydrogen (secondary N) is 3. The van der Waals surface area contributed by atoms with E-state index in [9.17, 15) is 69.0 Å². The van der Waals surface area contributed by atoms with Crippen molar-refractivity contribution in [3.05, 3.63) is 23.7 Å². The van der Waals surface area contributed by atoms with Crippen LogP contribution in [0.4, 0.5) is 0 Å². The fraction of sp³-hybridized carbons (Fsp3) is 0.714. The lowest BCUT2D eigenvalue weighted by atomic mass is 9.87. The van der Waals surface area contributed by atoms with Crippen LogP contribution in [0.1, 0.15) is 59.3 Å². The number of ether oxygens (including phenoxy) is 8. The summed E-state index contributed by atoms with van der Waals surface area (Å²) in [5, 5.41) is 67.7. The molecule has 32 heteroatoms. The highest BCUT2D eigenvalue weighted by Gasteiger charge is 2.46. The zero-order valence-corrected chi connectivity index (χ0v) is 45.9. The van der Waals surface area contributed by atoms with E-state index in [-0.39, 0.29) is 71.0 Å². The molecule has 0 saturated heterocycles. The molecule has 2 heterocycles. The fourth-order valence-electron chi connectivity index (χ4n) is 7.98. The van der Waals surface area contributed by atoms with E-state index >= 15 is 0 Å². The van der Waals surface area contributed by atoms with Crippen molar-refractivity contribution < 1.29 is 107 Å². The lowest BCUT2D eigenvalue weighted by molar-refractivity contribution is -0.160. The number of rotatable bonds is 43. The van der Waals surface area contributed by atoms with Crippen LogP contribution in [0.5, 0.6) is 0 Å². The van der Waals surface area contributed by atoms with E-state index in [2.05, 4.69) is 25.9 Å². The molecule has 0 aliphatic carbocycles. The van der Waals surface area contributed by atoms with Crippen LogP contribution in [0.3, 0.4) is 0 Å². The van der Waals surface area contributed by atoms with E-state index in [0.717, 1.165) is 24.3 Å². The lowest BCUT2D eigenvalue weighted by Gasteiger charge is -2.40. The molecular formula is C49H82N10O22. The summed E-state index contributed by atoms with van der Waals surface area (Å²) < 4.78 is 44.1. The first-order valence-corrected chi connectivity index (χ1v) is 26.2. The molecule has 0 fully saturated rings. The minimum atomic E-state index is -1.78. The molecule has 460 valence electrons. The van der Waals surface area contributed by atoms with E-state index in [4.69, 9.17) is 60.8 Å². The second kappa shape index (κ2) is 38.9. The number of aliphatic hydroxyl groups excluding tert-OH is 4. The number of carboxylic acids is 2. The Morgan fingerprint density at radius 2 is 1.06 bits per heavy atom. The number of nitrogens with zero attached hydrogens (tertiary/aromatic N) is 3. The summed E-state index contributed by atoms with van der Waals surface area (Å²) in [6.45, 7) is 2.75. The van der Waals surface area contributed by atoms with Crippen molar-refractivity contribution in [1.82, 2.24) is 20.9 Å². The van der Waals surface area contributed by atoms with E-state index in [1.165, 1.54) is 6.08 Å². The van der Waals surface area contributed by atoms with Gasteiger partial charge in [-0.1, -0.05) is 13.8 Å². The van der Waals surface area contributed by atoms with Crippen molar-refractivity contribution in [1.29, 1.82) is 0 Å². The molecule has 0 spiro atoms. The second-order valence-electron chi connectivity index (χ2n) is 18.5. The first-order chi connectivity index (χ1) is 38.5. The van der Waals surface area contributed by atoms with Crippen LogP contribution in [0, 0.1) is 5.92 Å². The monoisotopic (exact) mass is 1160 g/mol. The molecule has 0 aromatic heterocycles. The summed E-state index contributed by atoms with van der Waals surface area (Å²) in [5.41, 5.74) is 22.1. The second-order valence-corrected chi connectivity index (χ2v) is 18.5. The molecule has 2 aliphatic heterocycles. The Hall–Kier alpha value is -6.62. The molecule has 2 aliphatic rings. The maximum absolute atomic E-state index is 13.4. The van der Waals surface area contributed by atoms with E-state index in [0.29, 0.717) is 33.0 Å². The summed E-state index contributed by atoms with van der Waals surface area (Å²) in [5.74, 6) is -9.45. The van der Waals surface area contributed by atoms with Crippen molar-refractivity contribution in [2.75, 3.05) is 105 Å². The first-order valence-electron chi connectivity index (χ1n) is 26.2. The maximum atomic E-state index is 13.4. The third-order valence-corrected chi connectivity index (χ3v) is 11.9. The van der Waals surface area contributed by atoms with Crippen LogP contribution in [-0.2, 0) is 76.3 Å². The van der Waals surface area contributed by atoms with Gasteiger partial charge >= 0.3 is 11.9 Å². The minimum absolute atomic E-state index is 0.0437. The number of hydrogen-bond donors (Lipinski definition) is 13. The number of carbonyl (C=O) groups excluding carboxylic acids is 6. The molecule has 0 radical (unpaired) electrons. The molecule has 32 nitrogen and oxygen atoms in total. The number of hydrogen-bond acceptors (Lipinski definition) is 22. The van der Waals surface area contributed by atoms with Gasteiger partial charge in [0, 0.05) is 45.4 Å². The quantitative estimate of drug-likeness (QED) is 0.0154. The first kappa shape index (κ1) is 70.5. The van der Waals surface area contributed by atoms with Gasteiger partial charge in [-0.15, -0.1) is 0 Å². The Kier molecular flexibility index (Phi) is 33.9. The van der Waals surface area contributed by atoms with Gasteiger partial charge in [0.1, 0.15) is 43.7 Å². The van der Waals surface area contributed by atoms with Crippen LogP contribution in [-0.4, -0.2) is 255 Å². The van der Waals surface area contributed by atoms with Gasteiger partial charge in [-0.2, -0.15) is 0 Å². The van der Waals surface area contributed by atoms with Gasteiger partial charge in [0.15, 0.2) is 29.6 Å². The van der Waals surface area contributed by atoms with Gasteiger partial charge < -0.3 is 112 Å². The molecular weight excluding hydrogens is 1080 g/mol. The van der Waals surface area contributed by atoms with Gasteiger partial charge in [-0.25, -0.2) is 19.6 Å². The van der Waals surface area contributed by atoms with Gasteiger partial charge in [0.05, 0.1) is 97.1 Å². The SMILES string of the molecule is CCCOCCOCCOCCOCCC(=O)N(CC(=O)CCCNC(=O)CO[C@@H]([C@@H]1OC(C(=O)O)=C[C@H](N=C(N)N)[C@H]1C)[C@H](O)CO)CC(=O)CCCNC(=O)CO[C@@H]([C@@H]1OC(C(=O)O)=C[C@H](N=C(N)N)[C@H]1NC(C)=O)[C@H](O)CO. The lowest BCUT2D eigenvalue weighted by Crippen LogP contribution is -2.60. The standard InChI is InChI=1S/C49H82N10O22/c1-4-12-74-14-16-76-18-19-77-17-15-75-13-9-40(69)59(22-30(63)7-5-10-54-38(67)26-78-43(34(65)24-60)42-28(2)32(57-48(50)51)20-36(80-42)46(70)71)23-31(64)8-6-11-55-39(68)27-79-44(35(66)25-61)45-41(56-29(3)62)33(58-49(52)53)21-37(81-45)47(72)73/h20-21,28,32-35,41-45,60-61,65-66H,4-19,22-27H2,1-3H3,(H,54,67)(H,55,68)(H,56,62)(H,70,71)(H,72,73)(H4,50,51,57)(H4,52,53,58)/t28-,32+,33+,34-,35-,41-,42-,43-,44-,45-/m1/s1. The topological polar surface area (TPSA) is 500 Å². The van der Waals surface area contributed by atoms with Crippen LogP contribution < -0.4 is 38.9 Å². The number of aliphatic carboxylic acids is 2. The van der Waals surface area contributed by atoms with Crippen molar-refractivity contribution in [3.63, 3.8) is 0 Å². The molecule has 0 saturated carbocycles. The number of nitrogens with two attached hydrogens (primary N) is 4. The molecule has 0 bridgehead atoms. The smallest absolute Gasteiger partial charge is 0.370 e. The molecule has 0 aromatic rings. The maximum Gasteiger partial charge on any atom is 0.370 e. The minimum Gasteiger partial charge on any atom is -0.480 e. The van der Waals surface area contributed by atoms with E-state index < -0.39 is 165 Å². The number of Topliss-reactive ketones (excluding diaryl/α,β-unsaturated/α-hetero) is 2. The molecule has 4 amide bonds. The van der Waals surface area contributed by atoms with Crippen LogP contribution in [0.25, 0.3) is 0 Å². The number of guanidine groups is 2. The van der Waals surface area contributed by atoms with Gasteiger partial charge in [0.2, 0.25) is 35.1 Å². The highest BCUT2D eigenvalue weighted by molar-refractivity contribution is 5.91. The van der Waals surface area contributed by atoms with Gasteiger partial charge in [0.25, 0.3) is 0 Å².